The fourth-order valence-corrected chi connectivity index (χ4v) is 1.48. The monoisotopic (exact) mass is 307 g/mol. The van der Waals surface area contributed by atoms with Gasteiger partial charge >= 0.3 is 11.9 Å². The Morgan fingerprint density at radius 1 is 1.09 bits per heavy atom. The van der Waals surface area contributed by atoms with E-state index in [-0.39, 0.29) is 12.5 Å². The lowest BCUT2D eigenvalue weighted by atomic mass is 10.2. The highest BCUT2D eigenvalue weighted by Gasteiger charge is 2.23. The van der Waals surface area contributed by atoms with Gasteiger partial charge in [0, 0.05) is 5.56 Å². The SMILES string of the molecule is CCOC(=N/C(C(=O)OC)=C(\O)C(=O)OC)c1ccccc1. The number of aliphatic imine (C=N–C) groups is 1. The van der Waals surface area contributed by atoms with E-state index in [2.05, 4.69) is 14.5 Å². The van der Waals surface area contributed by atoms with Crippen LogP contribution in [0.2, 0.25) is 0 Å². The van der Waals surface area contributed by atoms with Crippen molar-refractivity contribution in [3.63, 3.8) is 0 Å². The number of aliphatic hydroxyl groups is 1. The molecule has 7 heteroatoms. The molecule has 0 saturated carbocycles. The Kier molecular flexibility index (Phi) is 6.62. The zero-order valence-corrected chi connectivity index (χ0v) is 12.5. The standard InChI is InChI=1S/C15H17NO6/c1-4-22-13(10-8-6-5-7-9-10)16-11(14(18)20-2)12(17)15(19)21-3/h5-9,17H,4H2,1-3H3/b12-11-,16-13?. The predicted octanol–water partition coefficient (Wildman–Crippen LogP) is 1.59. The number of ether oxygens (including phenoxy) is 3. The van der Waals surface area contributed by atoms with Crippen LogP contribution in [0.1, 0.15) is 12.5 Å². The number of carbonyl (C=O) groups excluding carboxylic acids is 2. The van der Waals surface area contributed by atoms with Gasteiger partial charge in [-0.25, -0.2) is 14.6 Å². The highest BCUT2D eigenvalue weighted by molar-refractivity contribution is 6.03. The van der Waals surface area contributed by atoms with Crippen molar-refractivity contribution in [3.8, 4) is 0 Å². The third-order valence-corrected chi connectivity index (χ3v) is 2.50. The number of hydrogen-bond donors (Lipinski definition) is 1. The van der Waals surface area contributed by atoms with Gasteiger partial charge in [0.05, 0.1) is 20.8 Å². The summed E-state index contributed by atoms with van der Waals surface area (Å²) >= 11 is 0. The zero-order chi connectivity index (χ0) is 16.5. The van der Waals surface area contributed by atoms with Crippen molar-refractivity contribution < 1.29 is 28.9 Å². The molecular weight excluding hydrogens is 290 g/mol. The predicted molar refractivity (Wildman–Crippen MR) is 78.3 cm³/mol. The molecule has 0 aliphatic heterocycles. The van der Waals surface area contributed by atoms with Crippen LogP contribution in [-0.4, -0.2) is 43.8 Å². The number of carbonyl (C=O) groups is 2. The van der Waals surface area contributed by atoms with E-state index in [9.17, 15) is 14.7 Å². The smallest absolute Gasteiger partial charge is 0.375 e. The van der Waals surface area contributed by atoms with E-state index < -0.39 is 23.4 Å². The zero-order valence-electron chi connectivity index (χ0n) is 12.5. The molecule has 0 unspecified atom stereocenters. The molecule has 0 amide bonds. The van der Waals surface area contributed by atoms with Crippen LogP contribution >= 0.6 is 0 Å². The van der Waals surface area contributed by atoms with Gasteiger partial charge in [-0.05, 0) is 19.1 Å². The molecule has 0 aromatic heterocycles. The third-order valence-electron chi connectivity index (χ3n) is 2.50. The maximum Gasteiger partial charge on any atom is 0.375 e. The number of rotatable bonds is 5. The molecule has 22 heavy (non-hydrogen) atoms. The first kappa shape index (κ1) is 17.2. The molecule has 0 fully saturated rings. The molecule has 0 aliphatic rings. The van der Waals surface area contributed by atoms with Crippen LogP contribution in [0.15, 0.2) is 46.8 Å². The van der Waals surface area contributed by atoms with Gasteiger partial charge in [0.15, 0.2) is 0 Å². The van der Waals surface area contributed by atoms with E-state index in [4.69, 9.17) is 4.74 Å². The van der Waals surface area contributed by atoms with E-state index in [1.807, 2.05) is 0 Å². The summed E-state index contributed by atoms with van der Waals surface area (Å²) in [4.78, 5) is 27.1. The van der Waals surface area contributed by atoms with Crippen LogP contribution < -0.4 is 0 Å². The van der Waals surface area contributed by atoms with Crippen molar-refractivity contribution in [1.29, 1.82) is 0 Å². The van der Waals surface area contributed by atoms with Crippen LogP contribution in [0.25, 0.3) is 0 Å². The topological polar surface area (TPSA) is 94.4 Å². The van der Waals surface area contributed by atoms with Crippen LogP contribution in [0.3, 0.4) is 0 Å². The maximum atomic E-state index is 11.7. The summed E-state index contributed by atoms with van der Waals surface area (Å²) in [5, 5.41) is 9.78. The van der Waals surface area contributed by atoms with E-state index in [0.717, 1.165) is 14.2 Å². The number of esters is 2. The minimum Gasteiger partial charge on any atom is -0.500 e. The second-order valence-corrected chi connectivity index (χ2v) is 3.90. The van der Waals surface area contributed by atoms with E-state index in [0.29, 0.717) is 5.56 Å². The first-order valence-corrected chi connectivity index (χ1v) is 6.41. The van der Waals surface area contributed by atoms with Gasteiger partial charge in [-0.3, -0.25) is 0 Å². The normalized spacial score (nSPS) is 12.2. The van der Waals surface area contributed by atoms with Crippen molar-refractivity contribution in [2.45, 2.75) is 6.92 Å². The second-order valence-electron chi connectivity index (χ2n) is 3.90. The Hall–Kier alpha value is -2.83. The lowest BCUT2D eigenvalue weighted by Crippen LogP contribution is -2.16. The molecule has 118 valence electrons. The van der Waals surface area contributed by atoms with Gasteiger partial charge in [0.2, 0.25) is 17.4 Å². The Morgan fingerprint density at radius 2 is 1.68 bits per heavy atom. The summed E-state index contributed by atoms with van der Waals surface area (Å²) < 4.78 is 14.2. The Labute approximate surface area is 127 Å². The fourth-order valence-electron chi connectivity index (χ4n) is 1.48. The molecule has 0 spiro atoms. The highest BCUT2D eigenvalue weighted by Crippen LogP contribution is 2.12. The molecule has 7 nitrogen and oxygen atoms in total. The molecule has 1 N–H and O–H groups in total. The number of methoxy groups -OCH3 is 2. The first-order valence-electron chi connectivity index (χ1n) is 6.41. The Balaban J connectivity index is 3.39. The summed E-state index contributed by atoms with van der Waals surface area (Å²) in [6, 6.07) is 8.73. The van der Waals surface area contributed by atoms with Crippen LogP contribution in [0, 0.1) is 0 Å². The largest absolute Gasteiger partial charge is 0.500 e. The molecule has 0 radical (unpaired) electrons. The van der Waals surface area contributed by atoms with Gasteiger partial charge in [-0.2, -0.15) is 0 Å². The summed E-state index contributed by atoms with van der Waals surface area (Å²) in [5.74, 6) is -2.98. The van der Waals surface area contributed by atoms with Crippen LogP contribution in [-0.2, 0) is 23.8 Å². The summed E-state index contributed by atoms with van der Waals surface area (Å²) in [7, 11) is 2.17. The molecule has 0 aliphatic carbocycles. The minimum atomic E-state index is -1.10. The third kappa shape index (κ3) is 4.34. The highest BCUT2D eigenvalue weighted by atomic mass is 16.5. The van der Waals surface area contributed by atoms with Crippen LogP contribution in [0.5, 0.6) is 0 Å². The second kappa shape index (κ2) is 8.46. The quantitative estimate of drug-likeness (QED) is 0.292. The molecule has 0 saturated heterocycles. The number of nitrogens with zero attached hydrogens (tertiary/aromatic N) is 1. The lowest BCUT2D eigenvalue weighted by Gasteiger charge is -2.09. The van der Waals surface area contributed by atoms with Crippen LogP contribution in [0.4, 0.5) is 0 Å². The van der Waals surface area contributed by atoms with E-state index in [1.54, 1.807) is 37.3 Å². The van der Waals surface area contributed by atoms with Gasteiger partial charge in [0.25, 0.3) is 0 Å². The van der Waals surface area contributed by atoms with Crippen molar-refractivity contribution in [2.75, 3.05) is 20.8 Å². The average molecular weight is 307 g/mol. The number of aliphatic hydroxyl groups excluding tert-OH is 1. The fraction of sp³-hybridized carbons (Fsp3) is 0.267. The van der Waals surface area contributed by atoms with Crippen molar-refractivity contribution in [2.24, 2.45) is 4.99 Å². The Bertz CT molecular complexity index is 591. The van der Waals surface area contributed by atoms with Gasteiger partial charge in [-0.1, -0.05) is 18.2 Å². The molecule has 1 aromatic rings. The van der Waals surface area contributed by atoms with E-state index >= 15 is 0 Å². The molecule has 0 heterocycles. The molecular formula is C15H17NO6. The molecule has 1 aromatic carbocycles. The van der Waals surface area contributed by atoms with Gasteiger partial charge < -0.3 is 19.3 Å². The van der Waals surface area contributed by atoms with E-state index in [1.165, 1.54) is 0 Å². The summed E-state index contributed by atoms with van der Waals surface area (Å²) in [5.41, 5.74) is -0.0231. The van der Waals surface area contributed by atoms with Gasteiger partial charge in [0.1, 0.15) is 0 Å². The van der Waals surface area contributed by atoms with Crippen molar-refractivity contribution >= 4 is 17.8 Å². The number of hydrogen-bond acceptors (Lipinski definition) is 7. The van der Waals surface area contributed by atoms with Gasteiger partial charge in [-0.15, -0.1) is 0 Å². The minimum absolute atomic E-state index is 0.0685. The molecule has 0 atom stereocenters. The maximum absolute atomic E-state index is 11.7. The molecule has 1 rings (SSSR count). The molecule has 0 bridgehead atoms. The summed E-state index contributed by atoms with van der Waals surface area (Å²) in [6.45, 7) is 2.02. The van der Waals surface area contributed by atoms with Crippen molar-refractivity contribution in [1.82, 2.24) is 0 Å². The number of benzene rings is 1. The first-order chi connectivity index (χ1) is 10.5. The Morgan fingerprint density at radius 3 is 2.18 bits per heavy atom. The van der Waals surface area contributed by atoms with Crippen molar-refractivity contribution in [3.05, 3.63) is 47.4 Å². The average Bonchev–Trinajstić information content (AvgIpc) is 2.57. The summed E-state index contributed by atoms with van der Waals surface area (Å²) in [6.07, 6.45) is 0. The lowest BCUT2D eigenvalue weighted by molar-refractivity contribution is -0.141.